The van der Waals surface area contributed by atoms with Gasteiger partial charge in [-0.15, -0.1) is 0 Å². The number of phenolic OH excluding ortho intramolecular Hbond substituents is 1. The first-order chi connectivity index (χ1) is 11.1. The Bertz CT molecular complexity index is 703. The monoisotopic (exact) mass is 318 g/mol. The molecule has 0 amide bonds. The lowest BCUT2D eigenvalue weighted by Gasteiger charge is -2.13. The number of nitrogens with zero attached hydrogens (tertiary/aromatic N) is 1. The maximum atomic E-state index is 10.9. The van der Waals surface area contributed by atoms with E-state index in [9.17, 15) is 15.2 Å². The van der Waals surface area contributed by atoms with Crippen LogP contribution >= 0.6 is 0 Å². The summed E-state index contributed by atoms with van der Waals surface area (Å²) >= 11 is 0. The Morgan fingerprint density at radius 2 is 2.00 bits per heavy atom. The van der Waals surface area contributed by atoms with Gasteiger partial charge in [-0.2, -0.15) is 0 Å². The van der Waals surface area contributed by atoms with Gasteiger partial charge in [-0.25, -0.2) is 0 Å². The minimum Gasteiger partial charge on any atom is -0.504 e. The van der Waals surface area contributed by atoms with Crippen molar-refractivity contribution in [3.63, 3.8) is 0 Å². The standard InChI is InChI=1S/C16H18N2O5/c1-22-10-12-8-13(18(20)21)6-7-14(12)17-9-11-4-3-5-15(23-2)16(11)19/h3-8,17,19H,9-10H2,1-2H3. The topological polar surface area (TPSA) is 93.9 Å². The van der Waals surface area contributed by atoms with E-state index in [1.54, 1.807) is 24.3 Å². The fraction of sp³-hybridized carbons (Fsp3) is 0.250. The summed E-state index contributed by atoms with van der Waals surface area (Å²) in [5.41, 5.74) is 2.04. The van der Waals surface area contributed by atoms with Crippen LogP contribution in [0.2, 0.25) is 0 Å². The lowest BCUT2D eigenvalue weighted by molar-refractivity contribution is -0.384. The smallest absolute Gasteiger partial charge is 0.269 e. The second-order valence-electron chi connectivity index (χ2n) is 4.85. The number of phenols is 1. The van der Waals surface area contributed by atoms with Gasteiger partial charge in [0.2, 0.25) is 0 Å². The van der Waals surface area contributed by atoms with Crippen LogP contribution in [0.15, 0.2) is 36.4 Å². The molecular formula is C16H18N2O5. The molecule has 7 heteroatoms. The van der Waals surface area contributed by atoms with Crippen LogP contribution in [0.4, 0.5) is 11.4 Å². The molecule has 0 radical (unpaired) electrons. The number of aromatic hydroxyl groups is 1. The molecule has 0 spiro atoms. The third-order valence-electron chi connectivity index (χ3n) is 3.37. The molecule has 23 heavy (non-hydrogen) atoms. The zero-order chi connectivity index (χ0) is 16.8. The second kappa shape index (κ2) is 7.46. The minimum absolute atomic E-state index is 0.00632. The number of benzene rings is 2. The summed E-state index contributed by atoms with van der Waals surface area (Å²) in [6.45, 7) is 0.589. The van der Waals surface area contributed by atoms with Gasteiger partial charge in [-0.1, -0.05) is 12.1 Å². The predicted molar refractivity (Wildman–Crippen MR) is 85.8 cm³/mol. The lowest BCUT2D eigenvalue weighted by atomic mass is 10.1. The average Bonchev–Trinajstić information content (AvgIpc) is 2.55. The molecule has 122 valence electrons. The molecule has 0 bridgehead atoms. The number of nitrogens with one attached hydrogen (secondary N) is 1. The van der Waals surface area contributed by atoms with Crippen molar-refractivity contribution in [2.45, 2.75) is 13.2 Å². The number of nitro groups is 1. The molecule has 2 N–H and O–H groups in total. The van der Waals surface area contributed by atoms with Gasteiger partial charge in [-0.3, -0.25) is 10.1 Å². The molecule has 0 saturated heterocycles. The van der Waals surface area contributed by atoms with Crippen molar-refractivity contribution in [3.8, 4) is 11.5 Å². The van der Waals surface area contributed by atoms with Crippen LogP contribution in [0.5, 0.6) is 11.5 Å². The molecule has 0 aliphatic heterocycles. The second-order valence-corrected chi connectivity index (χ2v) is 4.85. The maximum Gasteiger partial charge on any atom is 0.269 e. The predicted octanol–water partition coefficient (Wildman–Crippen LogP) is 3.07. The SMILES string of the molecule is COCc1cc([N+](=O)[O-])ccc1NCc1cccc(OC)c1O. The van der Waals surface area contributed by atoms with Gasteiger partial charge in [0.1, 0.15) is 0 Å². The number of hydrogen-bond donors (Lipinski definition) is 2. The molecule has 0 atom stereocenters. The van der Waals surface area contributed by atoms with Crippen LogP contribution in [0, 0.1) is 10.1 Å². The molecule has 0 fully saturated rings. The average molecular weight is 318 g/mol. The van der Waals surface area contributed by atoms with Crippen molar-refractivity contribution in [3.05, 3.63) is 57.6 Å². The zero-order valence-electron chi connectivity index (χ0n) is 12.9. The third kappa shape index (κ3) is 3.89. The highest BCUT2D eigenvalue weighted by Crippen LogP contribution is 2.30. The van der Waals surface area contributed by atoms with Crippen LogP contribution < -0.4 is 10.1 Å². The van der Waals surface area contributed by atoms with E-state index in [0.29, 0.717) is 29.1 Å². The van der Waals surface area contributed by atoms with E-state index in [-0.39, 0.29) is 18.0 Å². The number of ether oxygens (including phenoxy) is 2. The maximum absolute atomic E-state index is 10.9. The first kappa shape index (κ1) is 16.6. The molecule has 0 saturated carbocycles. The Hall–Kier alpha value is -2.80. The van der Waals surface area contributed by atoms with Crippen LogP contribution in [-0.4, -0.2) is 24.2 Å². The molecule has 0 aliphatic rings. The number of anilines is 1. The molecule has 7 nitrogen and oxygen atoms in total. The third-order valence-corrected chi connectivity index (χ3v) is 3.37. The molecule has 0 aliphatic carbocycles. The molecule has 0 heterocycles. The fourth-order valence-corrected chi connectivity index (χ4v) is 2.21. The quantitative estimate of drug-likeness (QED) is 0.602. The van der Waals surface area contributed by atoms with E-state index in [2.05, 4.69) is 5.32 Å². The van der Waals surface area contributed by atoms with Crippen LogP contribution in [-0.2, 0) is 17.9 Å². The Morgan fingerprint density at radius 1 is 1.22 bits per heavy atom. The van der Waals surface area contributed by atoms with E-state index >= 15 is 0 Å². The number of rotatable bonds is 7. The van der Waals surface area contributed by atoms with Gasteiger partial charge in [0.15, 0.2) is 11.5 Å². The molecule has 0 aromatic heterocycles. The Labute approximate surface area is 133 Å². The van der Waals surface area contributed by atoms with E-state index in [4.69, 9.17) is 9.47 Å². The Balaban J connectivity index is 2.21. The summed E-state index contributed by atoms with van der Waals surface area (Å²) in [4.78, 5) is 10.4. The fourth-order valence-electron chi connectivity index (χ4n) is 2.21. The summed E-state index contributed by atoms with van der Waals surface area (Å²) in [5, 5.41) is 24.1. The van der Waals surface area contributed by atoms with Crippen molar-refractivity contribution in [1.82, 2.24) is 0 Å². The van der Waals surface area contributed by atoms with Crippen molar-refractivity contribution in [2.75, 3.05) is 19.5 Å². The number of nitro benzene ring substituents is 1. The summed E-state index contributed by atoms with van der Waals surface area (Å²) in [6, 6.07) is 9.74. The Kier molecular flexibility index (Phi) is 5.37. The zero-order valence-corrected chi connectivity index (χ0v) is 12.9. The highest BCUT2D eigenvalue weighted by Gasteiger charge is 2.12. The van der Waals surface area contributed by atoms with Crippen LogP contribution in [0.25, 0.3) is 0 Å². The largest absolute Gasteiger partial charge is 0.504 e. The number of methoxy groups -OCH3 is 2. The van der Waals surface area contributed by atoms with Gasteiger partial charge in [0.05, 0.1) is 18.6 Å². The molecule has 0 unspecified atom stereocenters. The molecule has 2 aromatic carbocycles. The van der Waals surface area contributed by atoms with Gasteiger partial charge >= 0.3 is 0 Å². The highest BCUT2D eigenvalue weighted by molar-refractivity contribution is 5.57. The molecule has 2 rings (SSSR count). The first-order valence-electron chi connectivity index (χ1n) is 6.91. The summed E-state index contributed by atoms with van der Waals surface area (Å²) in [5.74, 6) is 0.461. The van der Waals surface area contributed by atoms with Crippen molar-refractivity contribution in [1.29, 1.82) is 0 Å². The summed E-state index contributed by atoms with van der Waals surface area (Å²) in [6.07, 6.45) is 0. The normalized spacial score (nSPS) is 10.3. The highest BCUT2D eigenvalue weighted by atomic mass is 16.6. The van der Waals surface area contributed by atoms with Gasteiger partial charge in [-0.05, 0) is 12.1 Å². The number of hydrogen-bond acceptors (Lipinski definition) is 6. The van der Waals surface area contributed by atoms with Gasteiger partial charge in [0, 0.05) is 42.6 Å². The molecular weight excluding hydrogens is 300 g/mol. The minimum atomic E-state index is -0.448. The summed E-state index contributed by atoms with van der Waals surface area (Å²) < 4.78 is 10.2. The van der Waals surface area contributed by atoms with Crippen LogP contribution in [0.1, 0.15) is 11.1 Å². The lowest BCUT2D eigenvalue weighted by Crippen LogP contribution is -2.04. The van der Waals surface area contributed by atoms with E-state index in [0.717, 1.165) is 0 Å². The van der Waals surface area contributed by atoms with Gasteiger partial charge in [0.25, 0.3) is 5.69 Å². The van der Waals surface area contributed by atoms with Crippen molar-refractivity contribution >= 4 is 11.4 Å². The Morgan fingerprint density at radius 3 is 2.65 bits per heavy atom. The van der Waals surface area contributed by atoms with E-state index < -0.39 is 4.92 Å². The van der Waals surface area contributed by atoms with E-state index in [1.165, 1.54) is 26.4 Å². The summed E-state index contributed by atoms with van der Waals surface area (Å²) in [7, 11) is 3.01. The van der Waals surface area contributed by atoms with E-state index in [1.807, 2.05) is 0 Å². The first-order valence-corrected chi connectivity index (χ1v) is 6.91. The van der Waals surface area contributed by atoms with Crippen LogP contribution in [0.3, 0.4) is 0 Å². The number of non-ortho nitro benzene ring substituents is 1. The molecule has 2 aromatic rings. The van der Waals surface area contributed by atoms with Gasteiger partial charge < -0.3 is 19.9 Å². The number of para-hydroxylation sites is 1. The van der Waals surface area contributed by atoms with Crippen molar-refractivity contribution in [2.24, 2.45) is 0 Å². The van der Waals surface area contributed by atoms with Crippen molar-refractivity contribution < 1.29 is 19.5 Å².